The summed E-state index contributed by atoms with van der Waals surface area (Å²) in [4.78, 5) is 12.9. The molecule has 0 saturated carbocycles. The van der Waals surface area contributed by atoms with E-state index in [-0.39, 0.29) is 31.2 Å². The maximum atomic E-state index is 13.8. The van der Waals surface area contributed by atoms with Crippen molar-refractivity contribution >= 4 is 28.2 Å². The van der Waals surface area contributed by atoms with Gasteiger partial charge in [0, 0.05) is 55.2 Å². The van der Waals surface area contributed by atoms with E-state index in [1.165, 1.54) is 4.31 Å². The minimum atomic E-state index is -4.25. The molecule has 0 spiro atoms. The lowest BCUT2D eigenvalue weighted by molar-refractivity contribution is 0.0775. The average molecular weight is 581 g/mol. The van der Waals surface area contributed by atoms with Crippen LogP contribution in [0.1, 0.15) is 59.6 Å². The summed E-state index contributed by atoms with van der Waals surface area (Å²) in [5, 5.41) is 10.8. The zero-order valence-electron chi connectivity index (χ0n) is 21.7. The van der Waals surface area contributed by atoms with Crippen molar-refractivity contribution in [1.82, 2.24) is 19.8 Å². The molecule has 210 valence electrons. The Labute approximate surface area is 232 Å². The second kappa shape index (κ2) is 11.4. The summed E-state index contributed by atoms with van der Waals surface area (Å²) in [6.07, 6.45) is 1.86. The molecule has 1 aromatic heterocycles. The molecular formula is C27H31ClF2N4O4S. The number of nitrogens with zero attached hydrogens (tertiary/aromatic N) is 2. The van der Waals surface area contributed by atoms with Crippen molar-refractivity contribution in [1.29, 1.82) is 0 Å². The molecule has 0 unspecified atom stereocenters. The molecule has 3 heterocycles. The maximum absolute atomic E-state index is 13.8. The minimum absolute atomic E-state index is 0. The maximum Gasteiger partial charge on any atom is 0.244 e. The first-order valence-electron chi connectivity index (χ1n) is 12.5. The number of aromatic nitrogens is 2. The molecule has 1 saturated heterocycles. The van der Waals surface area contributed by atoms with E-state index < -0.39 is 32.1 Å². The van der Waals surface area contributed by atoms with E-state index in [9.17, 15) is 22.0 Å². The number of hydrogen-bond acceptors (Lipinski definition) is 6. The molecule has 0 aliphatic carbocycles. The molecule has 39 heavy (non-hydrogen) atoms. The van der Waals surface area contributed by atoms with Crippen LogP contribution in [0.2, 0.25) is 0 Å². The van der Waals surface area contributed by atoms with Crippen molar-refractivity contribution in [3.63, 3.8) is 0 Å². The van der Waals surface area contributed by atoms with Crippen LogP contribution in [0.4, 0.5) is 8.78 Å². The normalized spacial score (nSPS) is 17.5. The molecule has 0 atom stereocenters. The summed E-state index contributed by atoms with van der Waals surface area (Å²) in [6, 6.07) is 9.99. The summed E-state index contributed by atoms with van der Waals surface area (Å²) >= 11 is 0. The fraction of sp³-hybridized carbons (Fsp3) is 0.407. The van der Waals surface area contributed by atoms with Gasteiger partial charge in [-0.3, -0.25) is 9.89 Å². The highest BCUT2D eigenvalue weighted by molar-refractivity contribution is 7.89. The van der Waals surface area contributed by atoms with Crippen LogP contribution in [0.5, 0.6) is 0 Å². The second-order valence-corrected chi connectivity index (χ2v) is 12.1. The summed E-state index contributed by atoms with van der Waals surface area (Å²) in [5.41, 5.74) is 1.98. The quantitative estimate of drug-likeness (QED) is 0.386. The van der Waals surface area contributed by atoms with Gasteiger partial charge in [0.2, 0.25) is 10.0 Å². The number of sulfonamides is 1. The highest BCUT2D eigenvalue weighted by Gasteiger charge is 2.48. The van der Waals surface area contributed by atoms with Gasteiger partial charge in [-0.05, 0) is 44.4 Å². The number of rotatable bonds is 8. The molecule has 2 N–H and O–H groups in total. The Morgan fingerprint density at radius 2 is 1.82 bits per heavy atom. The van der Waals surface area contributed by atoms with Crippen LogP contribution in [0.25, 0.3) is 0 Å². The smallest absolute Gasteiger partial charge is 0.244 e. The first-order chi connectivity index (χ1) is 18.1. The Balaban J connectivity index is 0.00000353. The van der Waals surface area contributed by atoms with E-state index in [0.29, 0.717) is 41.2 Å². The van der Waals surface area contributed by atoms with Gasteiger partial charge in [-0.2, -0.15) is 9.40 Å². The van der Waals surface area contributed by atoms with Gasteiger partial charge in [0.25, 0.3) is 0 Å². The van der Waals surface area contributed by atoms with E-state index >= 15 is 0 Å². The van der Waals surface area contributed by atoms with Gasteiger partial charge in [0.15, 0.2) is 5.78 Å². The molecule has 12 heteroatoms. The minimum Gasteiger partial charge on any atom is -0.381 e. The van der Waals surface area contributed by atoms with Crippen molar-refractivity contribution in [2.75, 3.05) is 13.2 Å². The van der Waals surface area contributed by atoms with Crippen molar-refractivity contribution in [3.05, 3.63) is 82.2 Å². The molecule has 2 aliphatic rings. The highest BCUT2D eigenvalue weighted by atomic mass is 35.5. The van der Waals surface area contributed by atoms with Crippen LogP contribution in [0, 0.1) is 11.6 Å². The van der Waals surface area contributed by atoms with Gasteiger partial charge < -0.3 is 10.1 Å². The van der Waals surface area contributed by atoms with Crippen molar-refractivity contribution in [2.24, 2.45) is 0 Å². The molecule has 2 aliphatic heterocycles. The van der Waals surface area contributed by atoms with Gasteiger partial charge >= 0.3 is 0 Å². The van der Waals surface area contributed by atoms with Crippen molar-refractivity contribution in [3.8, 4) is 0 Å². The number of carbonyl (C=O) groups excluding carboxylic acids is 1. The van der Waals surface area contributed by atoms with Crippen LogP contribution in [0.3, 0.4) is 0 Å². The van der Waals surface area contributed by atoms with Gasteiger partial charge in [-0.15, -0.1) is 12.4 Å². The van der Waals surface area contributed by atoms with Crippen molar-refractivity contribution < 1.29 is 26.7 Å². The molecule has 2 aromatic carbocycles. The molecule has 1 fully saturated rings. The van der Waals surface area contributed by atoms with Gasteiger partial charge in [0.1, 0.15) is 11.6 Å². The highest BCUT2D eigenvalue weighted by Crippen LogP contribution is 2.42. The summed E-state index contributed by atoms with van der Waals surface area (Å²) in [5.74, 6) is -2.07. The monoisotopic (exact) mass is 580 g/mol. The predicted molar refractivity (Wildman–Crippen MR) is 143 cm³/mol. The topological polar surface area (TPSA) is 104 Å². The number of benzene rings is 2. The number of Topliss-reactive ketones (excluding diaryl/α,β-unsaturated/α-hetero) is 1. The molecule has 5 rings (SSSR count). The molecule has 8 nitrogen and oxygen atoms in total. The lowest BCUT2D eigenvalue weighted by atomic mass is 9.97. The van der Waals surface area contributed by atoms with E-state index in [4.69, 9.17) is 4.74 Å². The summed E-state index contributed by atoms with van der Waals surface area (Å²) < 4.78 is 61.0. The molecule has 0 amide bonds. The second-order valence-electron chi connectivity index (χ2n) is 10.2. The SMILES string of the molecule is CC1(C)c2n[nH]c(CC(=O)c3ccccc3CNC3CCOCC3)c2CN1S(=O)(=O)c1cc(F)cc(F)c1.Cl. The van der Waals surface area contributed by atoms with Crippen LogP contribution < -0.4 is 5.32 Å². The number of hydrogen-bond donors (Lipinski definition) is 2. The molecular weight excluding hydrogens is 550 g/mol. The van der Waals surface area contributed by atoms with Gasteiger partial charge in [-0.25, -0.2) is 17.2 Å². The first kappa shape index (κ1) is 29.3. The summed E-state index contributed by atoms with van der Waals surface area (Å²) in [7, 11) is -4.25. The molecule has 0 bridgehead atoms. The van der Waals surface area contributed by atoms with Crippen LogP contribution in [0.15, 0.2) is 47.4 Å². The fourth-order valence-corrected chi connectivity index (χ4v) is 7.00. The van der Waals surface area contributed by atoms with Crippen LogP contribution in [-0.4, -0.2) is 48.0 Å². The van der Waals surface area contributed by atoms with E-state index in [1.54, 1.807) is 19.9 Å². The Kier molecular flexibility index (Phi) is 8.58. The third-order valence-electron chi connectivity index (χ3n) is 7.34. The molecule has 3 aromatic rings. The predicted octanol–water partition coefficient (Wildman–Crippen LogP) is 4.24. The number of fused-ring (bicyclic) bond motifs is 1. The van der Waals surface area contributed by atoms with E-state index in [1.807, 2.05) is 18.2 Å². The van der Waals surface area contributed by atoms with Crippen molar-refractivity contribution in [2.45, 2.75) is 62.7 Å². The third-order valence-corrected chi connectivity index (χ3v) is 9.34. The standard InChI is InChI=1S/C27H30F2N4O4S.ClH/c1-27(2)26-23(16-33(27)38(35,36)21-12-18(28)11-19(29)13-21)24(31-32-26)14-25(34)22-6-4-3-5-17(22)15-30-20-7-9-37-10-8-20;/h3-6,11-13,20,30H,7-10,14-16H2,1-2H3,(H,31,32);1H. The summed E-state index contributed by atoms with van der Waals surface area (Å²) in [6.45, 7) is 5.28. The van der Waals surface area contributed by atoms with E-state index in [0.717, 1.165) is 43.8 Å². The lowest BCUT2D eigenvalue weighted by Crippen LogP contribution is -2.40. The zero-order valence-corrected chi connectivity index (χ0v) is 23.3. The average Bonchev–Trinajstić information content (AvgIpc) is 3.41. The number of H-pyrrole nitrogens is 1. The number of nitrogens with one attached hydrogen (secondary N) is 2. The number of aromatic amines is 1. The van der Waals surface area contributed by atoms with Crippen LogP contribution in [-0.2, 0) is 39.8 Å². The zero-order chi connectivity index (χ0) is 27.1. The number of ketones is 1. The first-order valence-corrected chi connectivity index (χ1v) is 14.0. The Bertz CT molecular complexity index is 1450. The number of carbonyl (C=O) groups is 1. The lowest BCUT2D eigenvalue weighted by Gasteiger charge is -2.30. The molecule has 0 radical (unpaired) electrons. The Morgan fingerprint density at radius 1 is 1.15 bits per heavy atom. The Hall–Kier alpha value is -2.70. The van der Waals surface area contributed by atoms with Crippen LogP contribution >= 0.6 is 12.4 Å². The largest absolute Gasteiger partial charge is 0.381 e. The number of halogens is 3. The van der Waals surface area contributed by atoms with E-state index in [2.05, 4.69) is 15.5 Å². The van der Waals surface area contributed by atoms with Gasteiger partial charge in [-0.1, -0.05) is 24.3 Å². The van der Waals surface area contributed by atoms with Gasteiger partial charge in [0.05, 0.1) is 22.5 Å². The Morgan fingerprint density at radius 3 is 2.51 bits per heavy atom. The third kappa shape index (κ3) is 5.78. The fourth-order valence-electron chi connectivity index (χ4n) is 5.23. The number of ether oxygens (including phenoxy) is 1.